The molecule has 0 radical (unpaired) electrons. The third-order valence-electron chi connectivity index (χ3n) is 25.5. The van der Waals surface area contributed by atoms with Crippen molar-refractivity contribution in [1.29, 1.82) is 0 Å². The number of esters is 1. The van der Waals surface area contributed by atoms with Gasteiger partial charge in [0.2, 0.25) is 14.2 Å². The fraction of sp³-hybridized carbons (Fsp3) is 0.841. The number of aryl methyl sites for hydroxylation is 1. The molecule has 8 aliphatic rings. The molecule has 8 aliphatic carbocycles. The summed E-state index contributed by atoms with van der Waals surface area (Å²) in [4.78, 5) is 32.7. The summed E-state index contributed by atoms with van der Waals surface area (Å²) in [6, 6.07) is 0. The van der Waals surface area contributed by atoms with Crippen LogP contribution in [0.3, 0.4) is 0 Å². The van der Waals surface area contributed by atoms with E-state index in [4.69, 9.17) is 22.4 Å². The zero-order valence-corrected chi connectivity index (χ0v) is 60.1. The van der Waals surface area contributed by atoms with E-state index in [0.29, 0.717) is 101 Å². The Balaban J connectivity index is 0.000000189. The number of nitrogens with zero attached hydrogens (tertiary/aromatic N) is 4. The van der Waals surface area contributed by atoms with E-state index in [1.807, 2.05) is 29.4 Å². The van der Waals surface area contributed by atoms with Crippen molar-refractivity contribution in [3.63, 3.8) is 0 Å². The van der Waals surface area contributed by atoms with Gasteiger partial charge in [-0.2, -0.15) is 18.0 Å². The first kappa shape index (κ1) is 74.7. The maximum atomic E-state index is 12.4. The molecule has 11 rings (SSSR count). The van der Waals surface area contributed by atoms with Gasteiger partial charge in [0, 0.05) is 28.6 Å². The molecule has 3 aromatic rings. The Labute approximate surface area is 555 Å². The SMILES string of the molecule is CC(C)(C)c1nccs1.CC[C@H]1[C@@H](O)[C@@H]2[C@H](CC[C@]3(C)[C@@H]([C@H](C)CCOC(=O)CS(=O)(=O)c4nccs4)CC[C@@H]23)[C@@]2(C)CC[C@@H](O)C[C@@H]12.CC[C@H]1[C@@H](O)[C@@H]2[C@H](CC[C@]3(C)[C@@H]([C@H](C)CCOC(=O)n4cc[n+](C)c4)CC[C@@H]23)[C@@]2(C)CC[C@@H](C)C[C@@H]12.O=S(=O)([O-])C(F)(F)F. The highest BCUT2D eigenvalue weighted by atomic mass is 32.2. The maximum Gasteiger partial charge on any atom is 0.511 e. The summed E-state index contributed by atoms with van der Waals surface area (Å²) in [7, 11) is -7.94. The number of sulfone groups is 1. The zero-order valence-electron chi connectivity index (χ0n) is 56.9. The van der Waals surface area contributed by atoms with Crippen molar-refractivity contribution >= 4 is 54.7 Å². The van der Waals surface area contributed by atoms with Crippen LogP contribution >= 0.6 is 22.7 Å². The highest BCUT2D eigenvalue weighted by Gasteiger charge is 2.67. The number of carbonyl (C=O) groups excluding carboxylic acids is 2. The Bertz CT molecular complexity index is 3140. The Morgan fingerprint density at radius 2 is 1.17 bits per heavy atom. The van der Waals surface area contributed by atoms with Crippen molar-refractivity contribution in [3.8, 4) is 0 Å². The summed E-state index contributed by atoms with van der Waals surface area (Å²) in [5.74, 6) is 6.34. The Hall–Kier alpha value is -3.06. The third kappa shape index (κ3) is 15.4. The largest absolute Gasteiger partial charge is 0.741 e. The van der Waals surface area contributed by atoms with Crippen LogP contribution in [0.15, 0.2) is 46.2 Å². The molecule has 16 nitrogen and oxygen atoms in total. The lowest BCUT2D eigenvalue weighted by Crippen LogP contribution is -2.62. The lowest BCUT2D eigenvalue weighted by Gasteiger charge is -2.65. The van der Waals surface area contributed by atoms with E-state index in [1.165, 1.54) is 60.7 Å². The molecular weight excluding hydrogens is 1260 g/mol. The summed E-state index contributed by atoms with van der Waals surface area (Å²) in [5.41, 5.74) is -4.37. The van der Waals surface area contributed by atoms with E-state index in [2.05, 4.69) is 93.1 Å². The molecule has 0 bridgehead atoms. The third-order valence-corrected chi connectivity index (χ3v) is 30.2. The van der Waals surface area contributed by atoms with Gasteiger partial charge < -0.3 is 29.3 Å². The number of aromatic nitrogens is 4. The maximum absolute atomic E-state index is 12.4. The lowest BCUT2D eigenvalue weighted by atomic mass is 9.41. The molecule has 3 N–H and O–H groups in total. The standard InChI is InChI=1S/C31H51N2O3.C30H47NO6S2.C7H11NS.CHF3O3S/c1-7-22-26-18-20(2)10-13-31(26,5)25-11-14-30(4)23(8-9-24(30)27(25)28(22)34)21(3)12-17-36-29(35)33-16-15-32(6)19-33;1-5-20-24-16-19(32)8-11-30(24,4)23-9-12-29(3)21(6-7-22(29)26(23)27(20)34)18(2)10-14-37-25(33)17-39(35,36)28-31-13-15-38-28;1-7(2,3)6-8-4-5-9-6;2-1(3,4)8(5,6)7/h15-16,19-28,34H,7-14,17-18H2,1-6H3;13,15,18-24,26-27,32,34H,5-12,14,16-17H2,1-4H3;4-5H,1-3H3;(H,5,6,7)/q+1;;;/p-1/t20-,21-,22-,23-,24+,25+,26+,27+,28-,30-,31-;18-,19-,20-,21-,22+,23+,24+,26+,27-,29-,30-;;/m11../s1. The number of hydrogen-bond donors (Lipinski definition) is 3. The molecule has 0 aliphatic heterocycles. The molecule has 8 fully saturated rings. The van der Waals surface area contributed by atoms with Crippen LogP contribution in [0.1, 0.15) is 204 Å². The van der Waals surface area contributed by atoms with Crippen LogP contribution < -0.4 is 4.57 Å². The quantitative estimate of drug-likeness (QED) is 0.0624. The molecule has 23 heteroatoms. The molecule has 0 amide bonds. The monoisotopic (exact) mass is 1370 g/mol. The average molecular weight is 1370 g/mol. The van der Waals surface area contributed by atoms with Gasteiger partial charge >= 0.3 is 17.6 Å². The number of fused-ring (bicyclic) bond motifs is 10. The first-order valence-electron chi connectivity index (χ1n) is 34.3. The number of ether oxygens (including phenoxy) is 2. The second kappa shape index (κ2) is 29.2. The normalized spacial score (nSPS) is 38.0. The van der Waals surface area contributed by atoms with Crippen LogP contribution in [0.25, 0.3) is 0 Å². The van der Waals surface area contributed by atoms with E-state index in [-0.39, 0.29) is 57.5 Å². The summed E-state index contributed by atoms with van der Waals surface area (Å²) >= 11 is 2.73. The van der Waals surface area contributed by atoms with Crippen molar-refractivity contribution < 1.29 is 73.5 Å². The molecule has 22 atom stereocenters. The van der Waals surface area contributed by atoms with Gasteiger partial charge in [0.05, 0.1) is 43.6 Å². The van der Waals surface area contributed by atoms with Crippen LogP contribution in [0.5, 0.6) is 0 Å². The minimum absolute atomic E-state index is 0.0480. The molecule has 0 unspecified atom stereocenters. The number of rotatable bonds is 13. The van der Waals surface area contributed by atoms with Gasteiger partial charge in [-0.05, 0) is 207 Å². The van der Waals surface area contributed by atoms with Crippen molar-refractivity contribution in [3.05, 3.63) is 46.9 Å². The topological polar surface area (TPSA) is 239 Å². The van der Waals surface area contributed by atoms with Gasteiger partial charge in [-0.15, -0.1) is 27.2 Å². The fourth-order valence-electron chi connectivity index (χ4n) is 21.0. The number of halogens is 3. The van der Waals surface area contributed by atoms with Gasteiger partial charge in [0.1, 0.15) is 12.4 Å². The zero-order chi connectivity index (χ0) is 67.9. The van der Waals surface area contributed by atoms with E-state index in [0.717, 1.165) is 81.5 Å². The van der Waals surface area contributed by atoms with Gasteiger partial charge in [-0.3, -0.25) is 4.79 Å². The van der Waals surface area contributed by atoms with Gasteiger partial charge in [-0.25, -0.2) is 31.4 Å². The van der Waals surface area contributed by atoms with Crippen LogP contribution in [0, 0.1) is 110 Å². The highest BCUT2D eigenvalue weighted by molar-refractivity contribution is 7.93. The molecule has 522 valence electrons. The van der Waals surface area contributed by atoms with Crippen LogP contribution in [0.4, 0.5) is 18.0 Å². The highest BCUT2D eigenvalue weighted by Crippen LogP contribution is 2.72. The molecule has 8 saturated carbocycles. The smallest absolute Gasteiger partial charge is 0.511 e. The van der Waals surface area contributed by atoms with E-state index in [9.17, 15) is 46.5 Å². The number of alkyl halides is 3. The van der Waals surface area contributed by atoms with Gasteiger partial charge in [0.15, 0.2) is 15.9 Å². The number of aliphatic hydroxyl groups excluding tert-OH is 3. The summed E-state index contributed by atoms with van der Waals surface area (Å²) in [6.45, 7) is 28.9. The summed E-state index contributed by atoms with van der Waals surface area (Å²) in [5, 5.41) is 39.1. The van der Waals surface area contributed by atoms with Crippen molar-refractivity contribution in [2.24, 2.45) is 117 Å². The molecule has 3 aromatic heterocycles. The molecule has 0 aromatic carbocycles. The first-order valence-corrected chi connectivity index (χ1v) is 39.1. The van der Waals surface area contributed by atoms with Gasteiger partial charge in [-0.1, -0.05) is 102 Å². The summed E-state index contributed by atoms with van der Waals surface area (Å²) < 4.78 is 97.9. The van der Waals surface area contributed by atoms with E-state index >= 15 is 0 Å². The number of aliphatic hydroxyl groups is 3. The Kier molecular flexibility index (Phi) is 23.7. The predicted molar refractivity (Wildman–Crippen MR) is 348 cm³/mol. The Morgan fingerprint density at radius 3 is 1.61 bits per heavy atom. The number of imidazole rings is 1. The van der Waals surface area contributed by atoms with Crippen molar-refractivity contribution in [2.75, 3.05) is 19.0 Å². The van der Waals surface area contributed by atoms with Crippen LogP contribution in [0.2, 0.25) is 0 Å². The molecular formula is C69H109F3N4O12S4. The van der Waals surface area contributed by atoms with Crippen LogP contribution in [-0.4, -0.2) is 106 Å². The molecule has 92 heavy (non-hydrogen) atoms. The minimum atomic E-state index is -6.09. The van der Waals surface area contributed by atoms with Crippen molar-refractivity contribution in [1.82, 2.24) is 14.5 Å². The van der Waals surface area contributed by atoms with E-state index < -0.39 is 37.2 Å². The molecule has 3 heterocycles. The second-order valence-corrected chi connectivity index (χ2v) is 36.9. The Morgan fingerprint density at radius 1 is 0.707 bits per heavy atom. The minimum Gasteiger partial charge on any atom is -0.741 e. The predicted octanol–water partition coefficient (Wildman–Crippen LogP) is 13.8. The second-order valence-electron chi connectivity index (χ2n) is 31.6. The fourth-order valence-corrected chi connectivity index (χ4v) is 23.8. The first-order chi connectivity index (χ1) is 42.9. The lowest BCUT2D eigenvalue weighted by molar-refractivity contribution is -0.670. The van der Waals surface area contributed by atoms with Crippen molar-refractivity contribution in [2.45, 2.75) is 232 Å². The molecule has 0 saturated heterocycles. The number of thiazole rings is 2. The van der Waals surface area contributed by atoms with Gasteiger partial charge in [0.25, 0.3) is 6.33 Å². The summed E-state index contributed by atoms with van der Waals surface area (Å²) in [6.07, 6.45) is 27.8. The average Bonchev–Trinajstić information content (AvgIpc) is 1.23. The van der Waals surface area contributed by atoms with Crippen LogP contribution in [-0.2, 0) is 46.7 Å². The number of carbonyl (C=O) groups is 2. The molecule has 0 spiro atoms. The van der Waals surface area contributed by atoms with E-state index in [1.54, 1.807) is 29.2 Å². The number of hydrogen-bond acceptors (Lipinski definition) is 16.